The number of ketones is 1. The summed E-state index contributed by atoms with van der Waals surface area (Å²) in [7, 11) is 0. The highest BCUT2D eigenvalue weighted by Gasteiger charge is 2.66. The highest BCUT2D eigenvalue weighted by Crippen LogP contribution is 2.70. The highest BCUT2D eigenvalue weighted by molar-refractivity contribution is 6.13. The monoisotopic (exact) mass is 780 g/mol. The molecule has 0 spiro atoms. The van der Waals surface area contributed by atoms with E-state index in [0.717, 1.165) is 61.8 Å². The molecule has 3 unspecified atom stereocenters. The topological polar surface area (TPSA) is 202 Å². The summed E-state index contributed by atoms with van der Waals surface area (Å²) >= 11 is 0. The lowest BCUT2D eigenvalue weighted by Crippen LogP contribution is -2.60. The lowest BCUT2D eigenvalue weighted by atomic mass is 9.45. The highest BCUT2D eigenvalue weighted by atomic mass is 16.7. The molecule has 1 aromatic heterocycles. The number of aliphatic hydroxyl groups excluding tert-OH is 2. The number of carbonyl (C=O) groups excluding carboxylic acids is 4. The molecule has 11 atom stereocenters. The average molecular weight is 781 g/mol. The Morgan fingerprint density at radius 3 is 2.48 bits per heavy atom. The molecule has 3 saturated carbocycles. The van der Waals surface area contributed by atoms with Crippen LogP contribution in [0.3, 0.4) is 0 Å². The summed E-state index contributed by atoms with van der Waals surface area (Å²) in [4.78, 5) is 60.5. The molecule has 0 bridgehead atoms. The van der Waals surface area contributed by atoms with Crippen LogP contribution in [0.5, 0.6) is 0 Å². The van der Waals surface area contributed by atoms with E-state index in [4.69, 9.17) is 18.6 Å². The first-order chi connectivity index (χ1) is 26.7. The number of nitrogens with one attached hydrogen (secondary N) is 1. The van der Waals surface area contributed by atoms with Crippen molar-refractivity contribution in [3.63, 3.8) is 0 Å². The minimum Gasteiger partial charge on any atom is -0.431 e. The fraction of sp³-hybridized carbons (Fsp3) is 0.690. The van der Waals surface area contributed by atoms with Crippen molar-refractivity contribution < 1.29 is 53.1 Å². The predicted octanol–water partition coefficient (Wildman–Crippen LogP) is 2.68. The van der Waals surface area contributed by atoms with Crippen LogP contribution in [0.2, 0.25) is 0 Å². The number of allylic oxidation sites excluding steroid dienone is 1. The number of rotatable bonds is 14. The van der Waals surface area contributed by atoms with Crippen LogP contribution in [-0.2, 0) is 33.4 Å². The maximum absolute atomic E-state index is 12.7. The van der Waals surface area contributed by atoms with E-state index in [9.17, 15) is 39.3 Å². The second-order valence-corrected chi connectivity index (χ2v) is 17.2. The Morgan fingerprint density at radius 1 is 0.946 bits per heavy atom. The molecule has 56 heavy (non-hydrogen) atoms. The van der Waals surface area contributed by atoms with Gasteiger partial charge in [0, 0.05) is 61.9 Å². The number of hydrogen-bond donors (Lipinski definition) is 4. The largest absolute Gasteiger partial charge is 0.431 e. The van der Waals surface area contributed by atoms with Gasteiger partial charge in [-0.15, -0.1) is 0 Å². The summed E-state index contributed by atoms with van der Waals surface area (Å²) < 4.78 is 22.9. The molecule has 6 aliphatic rings. The summed E-state index contributed by atoms with van der Waals surface area (Å²) in [6, 6.07) is 3.33. The van der Waals surface area contributed by atoms with Crippen LogP contribution in [0.25, 0.3) is 0 Å². The SMILES string of the molecule is C[C@]12CC[C@H](O[C@H]3OC[C@H](CC(=O)CCOCCNC(=O)CCN4C(=O)C=CC4=O)[C@@H](O)C3O)C=C1CCC1C2CC[C@]2(C)[C@@H](c3ccc(=O)oc3)CC[C@]12O. The molecule has 4 N–H and O–H groups in total. The Balaban J connectivity index is 0.840. The number of fused-ring (bicyclic) bond motifs is 5. The molecule has 306 valence electrons. The Kier molecular flexibility index (Phi) is 11.9. The molecule has 3 amide bonds. The van der Waals surface area contributed by atoms with Gasteiger partial charge in [0.25, 0.3) is 11.8 Å². The summed E-state index contributed by atoms with van der Waals surface area (Å²) in [5.41, 5.74) is 0.759. The van der Waals surface area contributed by atoms with Crippen LogP contribution in [-0.4, -0.2) is 107 Å². The van der Waals surface area contributed by atoms with Crippen LogP contribution >= 0.6 is 0 Å². The van der Waals surface area contributed by atoms with Gasteiger partial charge in [-0.25, -0.2) is 4.79 Å². The number of carbonyl (C=O) groups is 4. The van der Waals surface area contributed by atoms with E-state index >= 15 is 0 Å². The number of nitrogens with zero attached hydrogens (tertiary/aromatic N) is 1. The van der Waals surface area contributed by atoms with Crippen molar-refractivity contribution in [1.82, 2.24) is 10.2 Å². The number of amides is 3. The standard InChI is InChI=1S/C42H56N2O12/c1-40-14-9-29(22-27(40)4-5-32-31(40)10-15-41(2)30(11-16-42(32,41)52)25-3-8-36(49)54-23-25)56-39-38(51)37(50)26(24-55-39)21-28(45)13-19-53-20-17-43-33(46)12-18-44-34(47)6-7-35(44)48/h3,6-8,22-23,26,29-32,37-39,50-52H,4-5,9-21,24H2,1-2H3,(H,43,46)/t26-,29-,30+,31?,32?,37+,38?,39+,40-,41+,42-/m0/s1. The lowest BCUT2D eigenvalue weighted by molar-refractivity contribution is -0.270. The Hall–Kier alpha value is -3.53. The van der Waals surface area contributed by atoms with Gasteiger partial charge in [-0.2, -0.15) is 0 Å². The molecule has 4 aliphatic carbocycles. The van der Waals surface area contributed by atoms with Crippen molar-refractivity contribution in [2.75, 3.05) is 32.9 Å². The predicted molar refractivity (Wildman–Crippen MR) is 200 cm³/mol. The van der Waals surface area contributed by atoms with Crippen LogP contribution in [0, 0.1) is 28.6 Å². The first-order valence-electron chi connectivity index (χ1n) is 20.3. The zero-order valence-corrected chi connectivity index (χ0v) is 32.4. The minimum absolute atomic E-state index is 0.00175. The molecule has 14 heteroatoms. The molecule has 0 radical (unpaired) electrons. The summed E-state index contributed by atoms with van der Waals surface area (Å²) in [5.74, 6) is -1.33. The van der Waals surface area contributed by atoms with E-state index in [1.807, 2.05) is 6.07 Å². The van der Waals surface area contributed by atoms with Crippen molar-refractivity contribution in [2.24, 2.45) is 28.6 Å². The van der Waals surface area contributed by atoms with E-state index in [1.165, 1.54) is 23.8 Å². The fourth-order valence-corrected chi connectivity index (χ4v) is 11.1. The smallest absolute Gasteiger partial charge is 0.335 e. The molecule has 4 fully saturated rings. The number of ether oxygens (including phenoxy) is 3. The Morgan fingerprint density at radius 2 is 1.73 bits per heavy atom. The maximum Gasteiger partial charge on any atom is 0.335 e. The average Bonchev–Trinajstić information content (AvgIpc) is 3.65. The Bertz CT molecular complexity index is 1750. The van der Waals surface area contributed by atoms with Gasteiger partial charge in [-0.3, -0.25) is 24.1 Å². The second-order valence-electron chi connectivity index (χ2n) is 17.2. The third-order valence-electron chi connectivity index (χ3n) is 14.3. The molecule has 2 aliphatic heterocycles. The zero-order chi connectivity index (χ0) is 39.8. The van der Waals surface area contributed by atoms with Crippen LogP contribution < -0.4 is 10.9 Å². The quantitative estimate of drug-likeness (QED) is 0.122. The maximum atomic E-state index is 12.7. The van der Waals surface area contributed by atoms with E-state index in [1.54, 1.807) is 6.26 Å². The van der Waals surface area contributed by atoms with Gasteiger partial charge >= 0.3 is 5.63 Å². The minimum atomic E-state index is -1.32. The first-order valence-corrected chi connectivity index (χ1v) is 20.3. The van der Waals surface area contributed by atoms with Crippen LogP contribution in [0.4, 0.5) is 0 Å². The number of hydrogen-bond acceptors (Lipinski definition) is 12. The van der Waals surface area contributed by atoms with E-state index in [2.05, 4.69) is 25.2 Å². The van der Waals surface area contributed by atoms with Gasteiger partial charge in [0.05, 0.1) is 43.9 Å². The number of imide groups is 1. The van der Waals surface area contributed by atoms with Crippen LogP contribution in [0.15, 0.2) is 51.4 Å². The first kappa shape index (κ1) is 40.7. The van der Waals surface area contributed by atoms with Crippen molar-refractivity contribution in [3.05, 3.63) is 58.2 Å². The molecule has 3 heterocycles. The van der Waals surface area contributed by atoms with Crippen molar-refractivity contribution in [2.45, 2.75) is 121 Å². The molecular formula is C42H56N2O12. The van der Waals surface area contributed by atoms with E-state index in [0.29, 0.717) is 5.92 Å². The molecule has 14 nitrogen and oxygen atoms in total. The van der Waals surface area contributed by atoms with Gasteiger partial charge in [-0.1, -0.05) is 25.5 Å². The van der Waals surface area contributed by atoms with Crippen molar-refractivity contribution in [3.8, 4) is 0 Å². The number of aliphatic hydroxyl groups is 3. The van der Waals surface area contributed by atoms with Gasteiger partial charge in [0.1, 0.15) is 11.9 Å². The second kappa shape index (κ2) is 16.4. The molecule has 7 rings (SSSR count). The van der Waals surface area contributed by atoms with E-state index in [-0.39, 0.29) is 98.3 Å². The summed E-state index contributed by atoms with van der Waals surface area (Å²) in [6.45, 7) is 5.12. The number of Topliss-reactive ketones (excluding diaryl/α,β-unsaturated/α-hetero) is 1. The van der Waals surface area contributed by atoms with E-state index < -0.39 is 41.8 Å². The summed E-state index contributed by atoms with van der Waals surface area (Å²) in [6.07, 6.45) is 9.15. The van der Waals surface area contributed by atoms with Gasteiger partial charge in [0.15, 0.2) is 6.29 Å². The zero-order valence-electron chi connectivity index (χ0n) is 32.4. The molecule has 1 saturated heterocycles. The Labute approximate surface area is 326 Å². The lowest BCUT2D eigenvalue weighted by Gasteiger charge is -2.62. The third-order valence-corrected chi connectivity index (χ3v) is 14.3. The van der Waals surface area contributed by atoms with Gasteiger partial charge in [-0.05, 0) is 86.2 Å². The van der Waals surface area contributed by atoms with Crippen molar-refractivity contribution in [1.29, 1.82) is 0 Å². The molecule has 0 aromatic carbocycles. The molecular weight excluding hydrogens is 724 g/mol. The normalized spacial score (nSPS) is 37.8. The van der Waals surface area contributed by atoms with Crippen molar-refractivity contribution >= 4 is 23.5 Å². The fourth-order valence-electron chi connectivity index (χ4n) is 11.1. The van der Waals surface area contributed by atoms with Gasteiger partial charge < -0.3 is 39.3 Å². The third kappa shape index (κ3) is 7.72. The van der Waals surface area contributed by atoms with Crippen LogP contribution in [0.1, 0.15) is 96.0 Å². The summed E-state index contributed by atoms with van der Waals surface area (Å²) in [5, 5.41) is 37.2. The molecule has 1 aromatic rings. The van der Waals surface area contributed by atoms with Gasteiger partial charge in [0.2, 0.25) is 5.91 Å².